The first-order valence-electron chi connectivity index (χ1n) is 7.64. The smallest absolute Gasteiger partial charge is 0.193 e. The average Bonchev–Trinajstić information content (AvgIpc) is 2.81. The van der Waals surface area contributed by atoms with E-state index in [1.807, 2.05) is 7.05 Å². The number of thioether (sulfide) groups is 1. The van der Waals surface area contributed by atoms with E-state index in [-0.39, 0.29) is 0 Å². The lowest BCUT2D eigenvalue weighted by molar-refractivity contribution is 0.408. The van der Waals surface area contributed by atoms with Crippen LogP contribution in [0.3, 0.4) is 0 Å². The number of nitrogens with one attached hydrogen (secondary N) is 1. The number of thiazole rings is 1. The number of nitrogens with zero attached hydrogens (tertiary/aromatic N) is 3. The van der Waals surface area contributed by atoms with Gasteiger partial charge in [0.15, 0.2) is 5.96 Å². The van der Waals surface area contributed by atoms with Gasteiger partial charge < -0.3 is 10.2 Å². The lowest BCUT2D eigenvalue weighted by atomic mass is 10.3. The lowest BCUT2D eigenvalue weighted by Gasteiger charge is -2.34. The molecule has 4 nitrogen and oxygen atoms in total. The molecule has 0 saturated carbocycles. The Morgan fingerprint density at radius 2 is 2.29 bits per heavy atom. The van der Waals surface area contributed by atoms with Crippen LogP contribution in [0.4, 0.5) is 0 Å². The quantitative estimate of drug-likeness (QED) is 0.682. The topological polar surface area (TPSA) is 40.5 Å². The summed E-state index contributed by atoms with van der Waals surface area (Å²) in [4.78, 5) is 12.7. The minimum Gasteiger partial charge on any atom is -0.356 e. The number of aliphatic imine (C=N–C) groups is 1. The molecule has 118 valence electrons. The zero-order valence-corrected chi connectivity index (χ0v) is 15.1. The molecule has 0 radical (unpaired) electrons. The third-order valence-electron chi connectivity index (χ3n) is 3.74. The molecule has 1 aliphatic rings. The van der Waals surface area contributed by atoms with Crippen LogP contribution >= 0.6 is 23.1 Å². The molecule has 1 fully saturated rings. The predicted molar refractivity (Wildman–Crippen MR) is 94.8 cm³/mol. The fourth-order valence-electron chi connectivity index (χ4n) is 2.58. The van der Waals surface area contributed by atoms with Crippen LogP contribution in [0.15, 0.2) is 4.99 Å². The fraction of sp³-hybridized carbons (Fsp3) is 0.733. The Morgan fingerprint density at radius 3 is 2.90 bits per heavy atom. The first kappa shape index (κ1) is 16.6. The van der Waals surface area contributed by atoms with Crippen molar-refractivity contribution in [1.29, 1.82) is 0 Å². The molecule has 1 N–H and O–H groups in total. The van der Waals surface area contributed by atoms with E-state index < -0.39 is 0 Å². The molecule has 0 spiro atoms. The van der Waals surface area contributed by atoms with Gasteiger partial charge in [0.1, 0.15) is 0 Å². The summed E-state index contributed by atoms with van der Waals surface area (Å²) < 4.78 is 0. The highest BCUT2D eigenvalue weighted by Crippen LogP contribution is 2.21. The Morgan fingerprint density at radius 1 is 1.48 bits per heavy atom. The molecule has 0 bridgehead atoms. The van der Waals surface area contributed by atoms with Gasteiger partial charge >= 0.3 is 0 Å². The van der Waals surface area contributed by atoms with Gasteiger partial charge in [0, 0.05) is 49.0 Å². The van der Waals surface area contributed by atoms with Crippen LogP contribution < -0.4 is 5.32 Å². The minimum absolute atomic E-state index is 0.740. The van der Waals surface area contributed by atoms with Crippen molar-refractivity contribution >= 4 is 29.1 Å². The van der Waals surface area contributed by atoms with Crippen molar-refractivity contribution < 1.29 is 0 Å². The molecular weight excluding hydrogens is 300 g/mol. The Kier molecular flexibility index (Phi) is 6.36. The number of rotatable bonds is 4. The van der Waals surface area contributed by atoms with Crippen molar-refractivity contribution in [2.45, 2.75) is 38.9 Å². The van der Waals surface area contributed by atoms with Crippen molar-refractivity contribution in [3.8, 4) is 0 Å². The van der Waals surface area contributed by atoms with Crippen molar-refractivity contribution in [1.82, 2.24) is 15.2 Å². The van der Waals surface area contributed by atoms with Gasteiger partial charge in [-0.05, 0) is 20.3 Å². The van der Waals surface area contributed by atoms with E-state index in [1.165, 1.54) is 22.7 Å². The number of aromatic nitrogens is 1. The molecule has 1 aromatic heterocycles. The fourth-order valence-corrected chi connectivity index (χ4v) is 4.70. The first-order chi connectivity index (χ1) is 10.1. The van der Waals surface area contributed by atoms with Crippen LogP contribution in [0.25, 0.3) is 0 Å². The summed E-state index contributed by atoms with van der Waals surface area (Å²) in [7, 11) is 1.88. The average molecular weight is 327 g/mol. The Balaban J connectivity index is 1.84. The Labute approximate surface area is 136 Å². The molecule has 0 amide bonds. The lowest BCUT2D eigenvalue weighted by Crippen LogP contribution is -2.48. The standard InChI is InChI=1S/C15H26N4S2/c1-5-13-10-19(8-9-20-13)15(16-4)17-7-6-14-11(2)18-12(3)21-14/h13H,5-10H2,1-4H3,(H,16,17). The normalized spacial score (nSPS) is 19.9. The summed E-state index contributed by atoms with van der Waals surface area (Å²) in [6.45, 7) is 9.58. The maximum absolute atomic E-state index is 4.49. The zero-order valence-electron chi connectivity index (χ0n) is 13.5. The van der Waals surface area contributed by atoms with E-state index in [0.29, 0.717) is 0 Å². The maximum atomic E-state index is 4.49. The molecule has 21 heavy (non-hydrogen) atoms. The van der Waals surface area contributed by atoms with Crippen LogP contribution in [-0.2, 0) is 6.42 Å². The number of guanidine groups is 1. The van der Waals surface area contributed by atoms with Gasteiger partial charge in [0.25, 0.3) is 0 Å². The van der Waals surface area contributed by atoms with Crippen LogP contribution in [0.2, 0.25) is 0 Å². The molecule has 1 aliphatic heterocycles. The minimum atomic E-state index is 0.740. The molecule has 2 heterocycles. The van der Waals surface area contributed by atoms with E-state index in [0.717, 1.165) is 42.3 Å². The highest BCUT2D eigenvalue weighted by Gasteiger charge is 2.21. The van der Waals surface area contributed by atoms with Crippen LogP contribution in [0, 0.1) is 13.8 Å². The van der Waals surface area contributed by atoms with E-state index in [9.17, 15) is 0 Å². The molecule has 2 rings (SSSR count). The van der Waals surface area contributed by atoms with E-state index in [4.69, 9.17) is 0 Å². The molecule has 0 aromatic carbocycles. The molecular formula is C15H26N4S2. The molecule has 0 aliphatic carbocycles. The van der Waals surface area contributed by atoms with E-state index >= 15 is 0 Å². The van der Waals surface area contributed by atoms with Gasteiger partial charge in [-0.25, -0.2) is 4.98 Å². The zero-order chi connectivity index (χ0) is 15.2. The molecule has 1 aromatic rings. The van der Waals surface area contributed by atoms with Crippen LogP contribution in [0.5, 0.6) is 0 Å². The second-order valence-corrected chi connectivity index (χ2v) is 8.01. The molecule has 1 atom stereocenters. The summed E-state index contributed by atoms with van der Waals surface area (Å²) in [6.07, 6.45) is 2.26. The predicted octanol–water partition coefficient (Wildman–Crippen LogP) is 2.71. The van der Waals surface area contributed by atoms with Gasteiger partial charge in [-0.1, -0.05) is 6.92 Å². The Hall–Kier alpha value is -0.750. The second-order valence-electron chi connectivity index (χ2n) is 5.31. The van der Waals surface area contributed by atoms with Crippen molar-refractivity contribution in [3.63, 3.8) is 0 Å². The highest BCUT2D eigenvalue weighted by molar-refractivity contribution is 8.00. The molecule has 6 heteroatoms. The molecule has 1 unspecified atom stereocenters. The summed E-state index contributed by atoms with van der Waals surface area (Å²) in [6, 6.07) is 0. The summed E-state index contributed by atoms with van der Waals surface area (Å²) in [5.41, 5.74) is 1.18. The first-order valence-corrected chi connectivity index (χ1v) is 9.50. The summed E-state index contributed by atoms with van der Waals surface area (Å²) >= 11 is 3.89. The molecule has 1 saturated heterocycles. The Bertz CT molecular complexity index is 484. The van der Waals surface area contributed by atoms with Crippen molar-refractivity contribution in [2.75, 3.05) is 32.4 Å². The van der Waals surface area contributed by atoms with Gasteiger partial charge in [-0.3, -0.25) is 4.99 Å². The van der Waals surface area contributed by atoms with E-state index in [2.05, 4.69) is 52.7 Å². The van der Waals surface area contributed by atoms with Crippen LogP contribution in [-0.4, -0.2) is 53.5 Å². The van der Waals surface area contributed by atoms with Crippen LogP contribution in [0.1, 0.15) is 28.9 Å². The third kappa shape index (κ3) is 4.61. The van der Waals surface area contributed by atoms with E-state index in [1.54, 1.807) is 11.3 Å². The van der Waals surface area contributed by atoms with Crippen molar-refractivity contribution in [3.05, 3.63) is 15.6 Å². The second kappa shape index (κ2) is 8.03. The number of aryl methyl sites for hydroxylation is 2. The third-order valence-corrected chi connectivity index (χ3v) is 6.24. The number of hydrogen-bond acceptors (Lipinski definition) is 4. The monoisotopic (exact) mass is 326 g/mol. The summed E-state index contributed by atoms with van der Waals surface area (Å²) in [5.74, 6) is 2.25. The summed E-state index contributed by atoms with van der Waals surface area (Å²) in [5, 5.41) is 5.41. The largest absolute Gasteiger partial charge is 0.356 e. The maximum Gasteiger partial charge on any atom is 0.193 e. The number of hydrogen-bond donors (Lipinski definition) is 1. The van der Waals surface area contributed by atoms with Gasteiger partial charge in [-0.15, -0.1) is 11.3 Å². The van der Waals surface area contributed by atoms with Crippen molar-refractivity contribution in [2.24, 2.45) is 4.99 Å². The van der Waals surface area contributed by atoms with Gasteiger partial charge in [-0.2, -0.15) is 11.8 Å². The van der Waals surface area contributed by atoms with Gasteiger partial charge in [0.2, 0.25) is 0 Å². The SMILES string of the molecule is CCC1CN(C(=NC)NCCc2sc(C)nc2C)CCS1. The van der Waals surface area contributed by atoms with Gasteiger partial charge in [0.05, 0.1) is 10.7 Å². The highest BCUT2D eigenvalue weighted by atomic mass is 32.2.